The minimum absolute atomic E-state index is 0.0904. The number of pyridine rings is 1. The van der Waals surface area contributed by atoms with Crippen LogP contribution >= 0.6 is 0 Å². The Morgan fingerprint density at radius 3 is 2.78 bits per heavy atom. The molecule has 140 valence electrons. The van der Waals surface area contributed by atoms with E-state index in [1.54, 1.807) is 4.90 Å². The number of amides is 1. The second kappa shape index (κ2) is 5.22. The third kappa shape index (κ3) is 2.04. The maximum atomic E-state index is 13.2. The van der Waals surface area contributed by atoms with Crippen LogP contribution in [0.5, 0.6) is 5.75 Å². The maximum absolute atomic E-state index is 13.2. The largest absolute Gasteiger partial charge is 0.491 e. The summed E-state index contributed by atoms with van der Waals surface area (Å²) in [5.41, 5.74) is -0.937. The van der Waals surface area contributed by atoms with Gasteiger partial charge in [-0.1, -0.05) is 0 Å². The lowest BCUT2D eigenvalue weighted by molar-refractivity contribution is -0.196. The van der Waals surface area contributed by atoms with Crippen LogP contribution < -0.4 is 10.2 Å². The van der Waals surface area contributed by atoms with Crippen LogP contribution in [0.3, 0.4) is 0 Å². The highest BCUT2D eigenvalue weighted by molar-refractivity contribution is 6.56. The Balaban J connectivity index is 1.60. The topological polar surface area (TPSA) is 104 Å². The Bertz CT molecular complexity index is 973. The van der Waals surface area contributed by atoms with Gasteiger partial charge in [0.05, 0.1) is 19.8 Å². The average molecular weight is 372 g/mol. The summed E-state index contributed by atoms with van der Waals surface area (Å²) in [5, 5.41) is 0. The molecule has 1 aromatic rings. The normalized spacial score (nSPS) is 32.3. The minimum atomic E-state index is -1.07. The molecule has 2 aliphatic heterocycles. The first kappa shape index (κ1) is 16.6. The molecule has 3 heterocycles. The number of rotatable bonds is 2. The molecule has 1 aromatic heterocycles. The van der Waals surface area contributed by atoms with Crippen LogP contribution in [0.15, 0.2) is 11.0 Å². The summed E-state index contributed by atoms with van der Waals surface area (Å²) < 4.78 is 17.3. The van der Waals surface area contributed by atoms with Crippen molar-refractivity contribution in [1.29, 1.82) is 0 Å². The molecular formula is C17H17BN2O7. The number of carbonyl (C=O) groups is 3. The van der Waals surface area contributed by atoms with E-state index in [0.29, 0.717) is 0 Å². The van der Waals surface area contributed by atoms with Gasteiger partial charge in [0.1, 0.15) is 5.56 Å². The molecule has 27 heavy (non-hydrogen) atoms. The molecule has 0 bridgehead atoms. The molecule has 1 saturated heterocycles. The van der Waals surface area contributed by atoms with Crippen LogP contribution in [0.2, 0.25) is 0 Å². The summed E-state index contributed by atoms with van der Waals surface area (Å²) in [7, 11) is 2.34. The van der Waals surface area contributed by atoms with Crippen LogP contribution in [0.1, 0.15) is 40.1 Å². The second-order valence-corrected chi connectivity index (χ2v) is 7.57. The predicted octanol–water partition coefficient (Wildman–Crippen LogP) is -0.500. The van der Waals surface area contributed by atoms with Gasteiger partial charge >= 0.3 is 5.97 Å². The third-order valence-electron chi connectivity index (χ3n) is 6.25. The summed E-state index contributed by atoms with van der Waals surface area (Å²) in [5.74, 6) is -2.45. The van der Waals surface area contributed by atoms with Crippen molar-refractivity contribution in [2.75, 3.05) is 7.11 Å². The molecule has 2 unspecified atom stereocenters. The van der Waals surface area contributed by atoms with Crippen molar-refractivity contribution >= 4 is 25.6 Å². The van der Waals surface area contributed by atoms with E-state index in [1.807, 2.05) is 0 Å². The molecule has 2 aliphatic carbocycles. The molecule has 2 saturated carbocycles. The number of hydrogen-bond donors (Lipinski definition) is 0. The van der Waals surface area contributed by atoms with Gasteiger partial charge in [0, 0.05) is 17.7 Å². The minimum Gasteiger partial charge on any atom is -0.491 e. The van der Waals surface area contributed by atoms with E-state index < -0.39 is 23.5 Å². The van der Waals surface area contributed by atoms with Crippen molar-refractivity contribution < 1.29 is 28.6 Å². The van der Waals surface area contributed by atoms with Crippen LogP contribution in [0, 0.1) is 5.41 Å². The lowest BCUT2D eigenvalue weighted by Gasteiger charge is -2.51. The number of aromatic nitrogens is 1. The van der Waals surface area contributed by atoms with Crippen molar-refractivity contribution in [2.45, 2.75) is 44.2 Å². The standard InChI is InChI=1S/C17H17BN2O7/c1-25-13-11-14(22)20-8-4-17(8)3-2-9(17)26-10(20)6-19(11)5-7(12(13)21)15(23)27-16(18)24/h5,8-10H,2-4,6,18H2,1H3/t8-,9?,10-,17?/m1/s1. The maximum Gasteiger partial charge on any atom is 0.350 e. The molecule has 5 rings (SSSR count). The summed E-state index contributed by atoms with van der Waals surface area (Å²) in [6.45, 7) is 0.279. The van der Waals surface area contributed by atoms with E-state index in [-0.39, 0.29) is 47.0 Å². The zero-order chi connectivity index (χ0) is 19.1. The fourth-order valence-corrected chi connectivity index (χ4v) is 4.80. The Hall–Kier alpha value is -2.62. The first-order valence-corrected chi connectivity index (χ1v) is 8.89. The molecular weight excluding hydrogens is 355 g/mol. The lowest BCUT2D eigenvalue weighted by Crippen LogP contribution is -2.61. The highest BCUT2D eigenvalue weighted by atomic mass is 16.6. The lowest BCUT2D eigenvalue weighted by atomic mass is 9.76. The number of ether oxygens (including phenoxy) is 3. The van der Waals surface area contributed by atoms with Gasteiger partial charge in [-0.3, -0.25) is 14.4 Å². The van der Waals surface area contributed by atoms with Gasteiger partial charge in [-0.2, -0.15) is 0 Å². The second-order valence-electron chi connectivity index (χ2n) is 7.57. The first-order chi connectivity index (χ1) is 12.9. The van der Waals surface area contributed by atoms with Crippen molar-refractivity contribution in [1.82, 2.24) is 9.47 Å². The molecule has 4 aliphatic rings. The predicted molar refractivity (Wildman–Crippen MR) is 91.5 cm³/mol. The highest BCUT2D eigenvalue weighted by Crippen LogP contribution is 2.67. The van der Waals surface area contributed by atoms with Crippen LogP contribution in [-0.4, -0.2) is 60.5 Å². The summed E-state index contributed by atoms with van der Waals surface area (Å²) in [6, 6.07) is 0.137. The fourth-order valence-electron chi connectivity index (χ4n) is 4.80. The molecule has 3 fully saturated rings. The van der Waals surface area contributed by atoms with Crippen molar-refractivity contribution in [3.05, 3.63) is 27.7 Å². The monoisotopic (exact) mass is 372 g/mol. The van der Waals surface area contributed by atoms with E-state index in [9.17, 15) is 19.2 Å². The number of carbonyl (C=O) groups excluding carboxylic acids is 3. The van der Waals surface area contributed by atoms with Gasteiger partial charge in [0.2, 0.25) is 13.3 Å². The molecule has 1 spiro atoms. The molecule has 0 aromatic carbocycles. The summed E-state index contributed by atoms with van der Waals surface area (Å²) in [6.07, 6.45) is 3.94. The Morgan fingerprint density at radius 2 is 2.15 bits per heavy atom. The van der Waals surface area contributed by atoms with Crippen LogP contribution in [-0.2, 0) is 16.0 Å². The van der Waals surface area contributed by atoms with Gasteiger partial charge in [-0.05, 0) is 19.3 Å². The van der Waals surface area contributed by atoms with Crippen molar-refractivity contribution in [3.8, 4) is 5.75 Å². The van der Waals surface area contributed by atoms with Gasteiger partial charge in [0.25, 0.3) is 11.8 Å². The van der Waals surface area contributed by atoms with Gasteiger partial charge in [-0.25, -0.2) is 4.79 Å². The van der Waals surface area contributed by atoms with Gasteiger partial charge in [-0.15, -0.1) is 0 Å². The molecule has 0 N–H and O–H groups in total. The third-order valence-corrected chi connectivity index (χ3v) is 6.25. The van der Waals surface area contributed by atoms with Crippen molar-refractivity contribution in [2.24, 2.45) is 5.41 Å². The SMILES string of the molecule is BC(=O)OC(=O)c1cn2c(c(OC)c1=O)C(=O)N1[C@@H](C2)OC2CCC23C[C@@H]13. The molecule has 1 amide bonds. The van der Waals surface area contributed by atoms with Crippen molar-refractivity contribution in [3.63, 3.8) is 0 Å². The average Bonchev–Trinajstić information content (AvgIpc) is 3.36. The Kier molecular flexibility index (Phi) is 3.20. The summed E-state index contributed by atoms with van der Waals surface area (Å²) in [4.78, 5) is 50.8. The number of methoxy groups -OCH3 is 1. The molecule has 9 nitrogen and oxygen atoms in total. The highest BCUT2D eigenvalue weighted by Gasteiger charge is 2.72. The number of esters is 1. The van der Waals surface area contributed by atoms with Gasteiger partial charge in [0.15, 0.2) is 17.7 Å². The molecule has 0 radical (unpaired) electrons. The van der Waals surface area contributed by atoms with Crippen LogP contribution in [0.4, 0.5) is 4.79 Å². The quantitative estimate of drug-likeness (QED) is 0.392. The van der Waals surface area contributed by atoms with E-state index in [4.69, 9.17) is 9.47 Å². The Morgan fingerprint density at radius 1 is 1.37 bits per heavy atom. The first-order valence-electron chi connectivity index (χ1n) is 8.89. The number of fused-ring (bicyclic) bond motifs is 3. The zero-order valence-corrected chi connectivity index (χ0v) is 14.9. The molecule has 10 heteroatoms. The number of hydrogen-bond acceptors (Lipinski definition) is 7. The smallest absolute Gasteiger partial charge is 0.350 e. The summed E-state index contributed by atoms with van der Waals surface area (Å²) >= 11 is 0. The van der Waals surface area contributed by atoms with E-state index in [0.717, 1.165) is 27.1 Å². The van der Waals surface area contributed by atoms with Crippen LogP contribution in [0.25, 0.3) is 0 Å². The van der Waals surface area contributed by atoms with E-state index >= 15 is 0 Å². The number of nitrogens with zero attached hydrogens (tertiary/aromatic N) is 2. The van der Waals surface area contributed by atoms with E-state index in [1.165, 1.54) is 17.9 Å². The molecule has 4 atom stereocenters. The zero-order valence-electron chi connectivity index (χ0n) is 14.9. The Labute approximate surface area is 154 Å². The fraction of sp³-hybridized carbons (Fsp3) is 0.529. The van der Waals surface area contributed by atoms with E-state index in [2.05, 4.69) is 4.74 Å². The van der Waals surface area contributed by atoms with Gasteiger partial charge < -0.3 is 23.7 Å².